The van der Waals surface area contributed by atoms with E-state index in [1.807, 2.05) is 49.4 Å². The van der Waals surface area contributed by atoms with E-state index < -0.39 is 6.16 Å². The number of carbonyl (C=O) groups is 1. The maximum absolute atomic E-state index is 11.9. The van der Waals surface area contributed by atoms with Crippen molar-refractivity contribution in [1.82, 2.24) is 0 Å². The van der Waals surface area contributed by atoms with Crippen LogP contribution in [-0.2, 0) is 4.74 Å². The molecule has 2 rings (SSSR count). The Balaban J connectivity index is 2.00. The lowest BCUT2D eigenvalue weighted by atomic mass is 10.1. The lowest BCUT2D eigenvalue weighted by Crippen LogP contribution is -2.15. The highest BCUT2D eigenvalue weighted by atomic mass is 16.7. The van der Waals surface area contributed by atoms with Crippen LogP contribution >= 0.6 is 0 Å². The molecule has 0 fully saturated rings. The summed E-state index contributed by atoms with van der Waals surface area (Å²) in [5, 5.41) is 0. The number of hydrogen-bond acceptors (Lipinski definition) is 3. The Morgan fingerprint density at radius 1 is 1.05 bits per heavy atom. The molecule has 0 saturated heterocycles. The van der Waals surface area contributed by atoms with E-state index in [0.29, 0.717) is 5.75 Å². The van der Waals surface area contributed by atoms with Crippen LogP contribution < -0.4 is 4.74 Å². The molecule has 110 valence electrons. The van der Waals surface area contributed by atoms with Crippen LogP contribution in [0.25, 0.3) is 0 Å². The Bertz CT molecular complexity index is 561. The molecule has 0 bridgehead atoms. The zero-order chi connectivity index (χ0) is 15.1. The van der Waals surface area contributed by atoms with E-state index >= 15 is 0 Å². The molecule has 3 nitrogen and oxygen atoms in total. The van der Waals surface area contributed by atoms with E-state index in [9.17, 15) is 4.79 Å². The third-order valence-corrected chi connectivity index (χ3v) is 3.18. The smallest absolute Gasteiger partial charge is 0.426 e. The molecule has 21 heavy (non-hydrogen) atoms. The van der Waals surface area contributed by atoms with Gasteiger partial charge in [-0.05, 0) is 31.0 Å². The van der Waals surface area contributed by atoms with E-state index in [-0.39, 0.29) is 6.10 Å². The quantitative estimate of drug-likeness (QED) is 0.569. The van der Waals surface area contributed by atoms with E-state index in [0.717, 1.165) is 24.0 Å². The van der Waals surface area contributed by atoms with Crippen molar-refractivity contribution in [1.29, 1.82) is 0 Å². The van der Waals surface area contributed by atoms with E-state index in [1.165, 1.54) is 0 Å². The van der Waals surface area contributed by atoms with Gasteiger partial charge in [-0.3, -0.25) is 0 Å². The third kappa shape index (κ3) is 4.63. The first kappa shape index (κ1) is 15.1. The minimum atomic E-state index is -0.666. The first-order valence-electron chi connectivity index (χ1n) is 7.19. The minimum absolute atomic E-state index is 0.269. The fourth-order valence-corrected chi connectivity index (χ4v) is 2.07. The van der Waals surface area contributed by atoms with Crippen LogP contribution in [0.5, 0.6) is 5.75 Å². The maximum atomic E-state index is 11.9. The highest BCUT2D eigenvalue weighted by Crippen LogP contribution is 2.23. The summed E-state index contributed by atoms with van der Waals surface area (Å²) in [5.74, 6) is 0.494. The standard InChI is InChI=1S/C18H20O3/c1-3-7-17(15-8-5-4-6-9-15)21-18(19)20-16-12-10-14(2)11-13-16/h4-6,8-13,17H,3,7H2,1-2H3. The predicted molar refractivity (Wildman–Crippen MR) is 82.4 cm³/mol. The monoisotopic (exact) mass is 284 g/mol. The SMILES string of the molecule is CCCC(OC(=O)Oc1ccc(C)cc1)c1ccccc1. The number of aryl methyl sites for hydroxylation is 1. The molecule has 2 aromatic carbocycles. The molecule has 0 aliphatic rings. The molecule has 1 unspecified atom stereocenters. The maximum Gasteiger partial charge on any atom is 0.514 e. The van der Waals surface area contributed by atoms with Gasteiger partial charge in [-0.25, -0.2) is 4.79 Å². The second-order valence-electron chi connectivity index (χ2n) is 4.97. The molecule has 0 aliphatic heterocycles. The van der Waals surface area contributed by atoms with Gasteiger partial charge in [-0.2, -0.15) is 0 Å². The summed E-state index contributed by atoms with van der Waals surface area (Å²) >= 11 is 0. The third-order valence-electron chi connectivity index (χ3n) is 3.18. The molecule has 0 spiro atoms. The van der Waals surface area contributed by atoms with Crippen LogP contribution in [0, 0.1) is 6.92 Å². The fourth-order valence-electron chi connectivity index (χ4n) is 2.07. The van der Waals surface area contributed by atoms with Gasteiger partial charge in [0.1, 0.15) is 11.9 Å². The summed E-state index contributed by atoms with van der Waals surface area (Å²) < 4.78 is 10.7. The molecule has 0 heterocycles. The van der Waals surface area contributed by atoms with Crippen LogP contribution in [0.1, 0.15) is 37.0 Å². The van der Waals surface area contributed by atoms with Crippen molar-refractivity contribution in [3.63, 3.8) is 0 Å². The van der Waals surface area contributed by atoms with Crippen molar-refractivity contribution in [3.8, 4) is 5.75 Å². The molecular formula is C18H20O3. The minimum Gasteiger partial charge on any atom is -0.426 e. The van der Waals surface area contributed by atoms with Crippen molar-refractivity contribution >= 4 is 6.16 Å². The van der Waals surface area contributed by atoms with Gasteiger partial charge in [-0.15, -0.1) is 0 Å². The van der Waals surface area contributed by atoms with E-state index in [4.69, 9.17) is 9.47 Å². The van der Waals surface area contributed by atoms with Gasteiger partial charge in [0.25, 0.3) is 0 Å². The average Bonchev–Trinajstić information content (AvgIpc) is 2.50. The second kappa shape index (κ2) is 7.48. The Labute approximate surface area is 125 Å². The topological polar surface area (TPSA) is 35.5 Å². The molecule has 0 saturated carbocycles. The Morgan fingerprint density at radius 3 is 2.33 bits per heavy atom. The van der Waals surface area contributed by atoms with Crippen molar-refractivity contribution < 1.29 is 14.3 Å². The number of benzene rings is 2. The first-order valence-corrected chi connectivity index (χ1v) is 7.19. The highest BCUT2D eigenvalue weighted by molar-refractivity contribution is 5.64. The summed E-state index contributed by atoms with van der Waals surface area (Å²) in [5.41, 5.74) is 2.10. The van der Waals surface area contributed by atoms with Crippen molar-refractivity contribution in [2.75, 3.05) is 0 Å². The highest BCUT2D eigenvalue weighted by Gasteiger charge is 2.17. The van der Waals surface area contributed by atoms with Gasteiger partial charge < -0.3 is 9.47 Å². The molecule has 0 aromatic heterocycles. The van der Waals surface area contributed by atoms with Gasteiger partial charge in [0.2, 0.25) is 0 Å². The molecule has 2 aromatic rings. The normalized spacial score (nSPS) is 11.7. The number of ether oxygens (including phenoxy) is 2. The van der Waals surface area contributed by atoms with Gasteiger partial charge in [0.15, 0.2) is 0 Å². The van der Waals surface area contributed by atoms with Crippen molar-refractivity contribution in [2.45, 2.75) is 32.8 Å². The zero-order valence-corrected chi connectivity index (χ0v) is 12.4. The Hall–Kier alpha value is -2.29. The van der Waals surface area contributed by atoms with Gasteiger partial charge in [-0.1, -0.05) is 61.4 Å². The number of carbonyl (C=O) groups excluding carboxylic acids is 1. The van der Waals surface area contributed by atoms with Crippen LogP contribution in [0.15, 0.2) is 54.6 Å². The Kier molecular flexibility index (Phi) is 5.38. The fraction of sp³-hybridized carbons (Fsp3) is 0.278. The molecule has 1 atom stereocenters. The molecule has 0 aliphatic carbocycles. The average molecular weight is 284 g/mol. The lowest BCUT2D eigenvalue weighted by molar-refractivity contribution is 0.0537. The number of hydrogen-bond donors (Lipinski definition) is 0. The van der Waals surface area contributed by atoms with Gasteiger partial charge in [0, 0.05) is 0 Å². The molecule has 3 heteroatoms. The number of rotatable bonds is 5. The summed E-state index contributed by atoms with van der Waals surface area (Å²) in [6, 6.07) is 17.0. The van der Waals surface area contributed by atoms with Crippen LogP contribution in [0.4, 0.5) is 4.79 Å². The van der Waals surface area contributed by atoms with Gasteiger partial charge >= 0.3 is 6.16 Å². The summed E-state index contributed by atoms with van der Waals surface area (Å²) in [4.78, 5) is 11.9. The summed E-state index contributed by atoms with van der Waals surface area (Å²) in [6.07, 6.45) is 0.764. The molecule has 0 N–H and O–H groups in total. The lowest BCUT2D eigenvalue weighted by Gasteiger charge is -2.17. The second-order valence-corrected chi connectivity index (χ2v) is 4.97. The van der Waals surface area contributed by atoms with Crippen LogP contribution in [0.2, 0.25) is 0 Å². The van der Waals surface area contributed by atoms with E-state index in [1.54, 1.807) is 12.1 Å². The Morgan fingerprint density at radius 2 is 1.71 bits per heavy atom. The van der Waals surface area contributed by atoms with Crippen LogP contribution in [-0.4, -0.2) is 6.16 Å². The molecule has 0 radical (unpaired) electrons. The zero-order valence-electron chi connectivity index (χ0n) is 12.4. The van der Waals surface area contributed by atoms with Crippen molar-refractivity contribution in [3.05, 3.63) is 65.7 Å². The van der Waals surface area contributed by atoms with Crippen molar-refractivity contribution in [2.24, 2.45) is 0 Å². The molecular weight excluding hydrogens is 264 g/mol. The molecule has 0 amide bonds. The summed E-state index contributed by atoms with van der Waals surface area (Å²) in [6.45, 7) is 4.04. The van der Waals surface area contributed by atoms with Gasteiger partial charge in [0.05, 0.1) is 0 Å². The largest absolute Gasteiger partial charge is 0.514 e. The first-order chi connectivity index (χ1) is 10.2. The predicted octanol–water partition coefficient (Wildman–Crippen LogP) is 5.05. The van der Waals surface area contributed by atoms with E-state index in [2.05, 4.69) is 6.92 Å². The van der Waals surface area contributed by atoms with Crippen LogP contribution in [0.3, 0.4) is 0 Å². The summed E-state index contributed by atoms with van der Waals surface area (Å²) in [7, 11) is 0.